The molecule has 0 N–H and O–H groups in total. The molecular weight excluding hydrogens is 310 g/mol. The SMILES string of the molecule is c1ccc(CN(Cc2cccc3cnccc23)C[C@H]2CCCO2)nc1. The number of aromatic nitrogens is 2. The lowest BCUT2D eigenvalue weighted by Crippen LogP contribution is -2.31. The maximum Gasteiger partial charge on any atom is 0.0703 e. The topological polar surface area (TPSA) is 38.2 Å². The van der Waals surface area contributed by atoms with Crippen molar-refractivity contribution >= 4 is 10.8 Å². The minimum absolute atomic E-state index is 0.334. The third-order valence-electron chi connectivity index (χ3n) is 4.76. The van der Waals surface area contributed by atoms with Crippen molar-refractivity contribution in [2.75, 3.05) is 13.2 Å². The van der Waals surface area contributed by atoms with Crippen LogP contribution in [-0.4, -0.2) is 34.1 Å². The fourth-order valence-electron chi connectivity index (χ4n) is 3.55. The van der Waals surface area contributed by atoms with Crippen LogP contribution in [0.3, 0.4) is 0 Å². The zero-order valence-electron chi connectivity index (χ0n) is 14.3. The number of rotatable bonds is 6. The first-order valence-electron chi connectivity index (χ1n) is 8.94. The number of fused-ring (bicyclic) bond motifs is 1. The van der Waals surface area contributed by atoms with Crippen molar-refractivity contribution in [3.63, 3.8) is 0 Å². The van der Waals surface area contributed by atoms with E-state index in [1.165, 1.54) is 22.8 Å². The largest absolute Gasteiger partial charge is 0.377 e. The van der Waals surface area contributed by atoms with Gasteiger partial charge in [-0.15, -0.1) is 0 Å². The highest BCUT2D eigenvalue weighted by molar-refractivity contribution is 5.84. The van der Waals surface area contributed by atoms with E-state index in [2.05, 4.69) is 51.3 Å². The van der Waals surface area contributed by atoms with Crippen molar-refractivity contribution < 1.29 is 4.74 Å². The van der Waals surface area contributed by atoms with Crippen LogP contribution in [0.25, 0.3) is 10.8 Å². The molecule has 3 aromatic rings. The second-order valence-corrected chi connectivity index (χ2v) is 6.64. The van der Waals surface area contributed by atoms with Crippen LogP contribution in [0.5, 0.6) is 0 Å². The summed E-state index contributed by atoms with van der Waals surface area (Å²) in [6, 6.07) is 14.7. The molecule has 2 aromatic heterocycles. The quantitative estimate of drug-likeness (QED) is 0.687. The molecule has 25 heavy (non-hydrogen) atoms. The lowest BCUT2D eigenvalue weighted by atomic mass is 10.1. The maximum atomic E-state index is 5.87. The van der Waals surface area contributed by atoms with Gasteiger partial charge >= 0.3 is 0 Å². The summed E-state index contributed by atoms with van der Waals surface area (Å²) in [5.41, 5.74) is 2.43. The van der Waals surface area contributed by atoms with Crippen molar-refractivity contribution in [1.82, 2.24) is 14.9 Å². The third kappa shape index (κ3) is 4.03. The van der Waals surface area contributed by atoms with E-state index in [0.29, 0.717) is 6.10 Å². The van der Waals surface area contributed by atoms with Crippen LogP contribution in [-0.2, 0) is 17.8 Å². The van der Waals surface area contributed by atoms with Crippen molar-refractivity contribution in [1.29, 1.82) is 0 Å². The van der Waals surface area contributed by atoms with Crippen molar-refractivity contribution in [3.05, 3.63) is 72.3 Å². The van der Waals surface area contributed by atoms with Crippen LogP contribution in [0.2, 0.25) is 0 Å². The summed E-state index contributed by atoms with van der Waals surface area (Å²) >= 11 is 0. The Bertz CT molecular complexity index is 810. The molecule has 0 radical (unpaired) electrons. The molecule has 4 heteroatoms. The summed E-state index contributed by atoms with van der Waals surface area (Å²) in [4.78, 5) is 11.2. The molecule has 0 spiro atoms. The molecule has 0 aliphatic carbocycles. The van der Waals surface area contributed by atoms with E-state index in [1.54, 1.807) is 0 Å². The molecule has 4 nitrogen and oxygen atoms in total. The van der Waals surface area contributed by atoms with Crippen LogP contribution in [0.1, 0.15) is 24.1 Å². The van der Waals surface area contributed by atoms with Crippen LogP contribution in [0, 0.1) is 0 Å². The Morgan fingerprint density at radius 2 is 2.04 bits per heavy atom. The van der Waals surface area contributed by atoms with Gasteiger partial charge < -0.3 is 4.74 Å². The molecule has 0 bridgehead atoms. The summed E-state index contributed by atoms with van der Waals surface area (Å²) in [5, 5.41) is 2.46. The summed E-state index contributed by atoms with van der Waals surface area (Å²) in [5.74, 6) is 0. The summed E-state index contributed by atoms with van der Waals surface area (Å²) < 4.78 is 5.87. The van der Waals surface area contributed by atoms with Gasteiger partial charge in [-0.05, 0) is 42.0 Å². The maximum absolute atomic E-state index is 5.87. The van der Waals surface area contributed by atoms with Gasteiger partial charge in [0.2, 0.25) is 0 Å². The van der Waals surface area contributed by atoms with Crippen molar-refractivity contribution in [2.24, 2.45) is 0 Å². The molecule has 1 aliphatic heterocycles. The number of pyridine rings is 2. The van der Waals surface area contributed by atoms with Gasteiger partial charge in [-0.2, -0.15) is 0 Å². The Labute approximate surface area is 148 Å². The summed E-state index contributed by atoms with van der Waals surface area (Å²) in [6.07, 6.45) is 8.32. The first-order valence-corrected chi connectivity index (χ1v) is 8.94. The van der Waals surface area contributed by atoms with Gasteiger partial charge in [0.05, 0.1) is 11.8 Å². The molecule has 1 aliphatic rings. The minimum atomic E-state index is 0.334. The number of hydrogen-bond acceptors (Lipinski definition) is 4. The number of benzene rings is 1. The van der Waals surface area contributed by atoms with E-state index in [9.17, 15) is 0 Å². The smallest absolute Gasteiger partial charge is 0.0703 e. The van der Waals surface area contributed by atoms with Gasteiger partial charge in [-0.3, -0.25) is 14.9 Å². The Hall–Kier alpha value is -2.30. The second kappa shape index (κ2) is 7.72. The van der Waals surface area contributed by atoms with Crippen LogP contribution in [0.15, 0.2) is 61.1 Å². The first kappa shape index (κ1) is 16.2. The van der Waals surface area contributed by atoms with E-state index in [-0.39, 0.29) is 0 Å². The van der Waals surface area contributed by atoms with Crippen LogP contribution < -0.4 is 0 Å². The highest BCUT2D eigenvalue weighted by Gasteiger charge is 2.20. The monoisotopic (exact) mass is 333 g/mol. The van der Waals surface area contributed by atoms with Crippen LogP contribution >= 0.6 is 0 Å². The Balaban J connectivity index is 1.58. The lowest BCUT2D eigenvalue weighted by Gasteiger charge is -2.25. The number of nitrogens with zero attached hydrogens (tertiary/aromatic N) is 3. The minimum Gasteiger partial charge on any atom is -0.377 e. The van der Waals surface area contributed by atoms with E-state index in [0.717, 1.165) is 38.4 Å². The molecular formula is C21H23N3O. The molecule has 0 saturated carbocycles. The highest BCUT2D eigenvalue weighted by Crippen LogP contribution is 2.21. The van der Waals surface area contributed by atoms with E-state index >= 15 is 0 Å². The predicted molar refractivity (Wildman–Crippen MR) is 99.1 cm³/mol. The molecule has 4 rings (SSSR count). The van der Waals surface area contributed by atoms with Crippen LogP contribution in [0.4, 0.5) is 0 Å². The van der Waals surface area contributed by atoms with E-state index < -0.39 is 0 Å². The zero-order valence-corrected chi connectivity index (χ0v) is 14.3. The highest BCUT2D eigenvalue weighted by atomic mass is 16.5. The van der Waals surface area contributed by atoms with Gasteiger partial charge in [-0.1, -0.05) is 24.3 Å². The van der Waals surface area contributed by atoms with E-state index in [4.69, 9.17) is 4.74 Å². The average Bonchev–Trinajstić information content (AvgIpc) is 3.16. The Kier molecular flexibility index (Phi) is 5.00. The number of ether oxygens (including phenoxy) is 1. The normalized spacial score (nSPS) is 17.4. The molecule has 1 aromatic carbocycles. The lowest BCUT2D eigenvalue weighted by molar-refractivity contribution is 0.0676. The fraction of sp³-hybridized carbons (Fsp3) is 0.333. The molecule has 3 heterocycles. The Morgan fingerprint density at radius 3 is 2.88 bits per heavy atom. The molecule has 1 atom stereocenters. The second-order valence-electron chi connectivity index (χ2n) is 6.64. The molecule has 1 fully saturated rings. The van der Waals surface area contributed by atoms with Gasteiger partial charge in [0.15, 0.2) is 0 Å². The summed E-state index contributed by atoms with van der Waals surface area (Å²) in [6.45, 7) is 3.56. The Morgan fingerprint density at radius 1 is 1.04 bits per heavy atom. The van der Waals surface area contributed by atoms with Gasteiger partial charge in [0.25, 0.3) is 0 Å². The molecule has 0 unspecified atom stereocenters. The first-order chi connectivity index (χ1) is 12.4. The standard InChI is InChI=1S/C21H23N3O/c1-2-10-23-19(7-1)15-24(16-20-8-4-12-25-20)14-18-6-3-5-17-13-22-11-9-21(17)18/h1-3,5-7,9-11,13,20H,4,8,12,14-16H2/t20-/m1/s1. The summed E-state index contributed by atoms with van der Waals surface area (Å²) in [7, 11) is 0. The number of hydrogen-bond donors (Lipinski definition) is 0. The fourth-order valence-corrected chi connectivity index (χ4v) is 3.55. The van der Waals surface area contributed by atoms with Crippen molar-refractivity contribution in [2.45, 2.75) is 32.0 Å². The van der Waals surface area contributed by atoms with E-state index in [1.807, 2.05) is 24.7 Å². The van der Waals surface area contributed by atoms with Gasteiger partial charge in [-0.25, -0.2) is 0 Å². The molecule has 128 valence electrons. The zero-order chi connectivity index (χ0) is 16.9. The van der Waals surface area contributed by atoms with Crippen molar-refractivity contribution in [3.8, 4) is 0 Å². The van der Waals surface area contributed by atoms with Gasteiger partial charge in [0, 0.05) is 50.2 Å². The average molecular weight is 333 g/mol. The van der Waals surface area contributed by atoms with Gasteiger partial charge in [0.1, 0.15) is 0 Å². The molecule has 1 saturated heterocycles. The predicted octanol–water partition coefficient (Wildman–Crippen LogP) is 3.81. The molecule has 0 amide bonds. The third-order valence-corrected chi connectivity index (χ3v) is 4.76.